The van der Waals surface area contributed by atoms with Crippen LogP contribution in [0.3, 0.4) is 0 Å². The number of carbonyl (C=O) groups is 6. The molecule has 0 saturated carbocycles. The number of likely N-dealkylation sites (tertiary alicyclic amines) is 1. The maximum Gasteiger partial charge on any atom is 0.313 e. The van der Waals surface area contributed by atoms with Gasteiger partial charge in [0.2, 0.25) is 17.7 Å². The van der Waals surface area contributed by atoms with Crippen LogP contribution in [0, 0.1) is 10.8 Å². The normalized spacial score (nSPS) is 16.2. The highest BCUT2D eigenvalue weighted by molar-refractivity contribution is 8.01. The number of nitrogens with zero attached hydrogens (tertiary/aromatic N) is 1. The molecule has 1 fully saturated rings. The van der Waals surface area contributed by atoms with Gasteiger partial charge in [-0.3, -0.25) is 33.7 Å². The van der Waals surface area contributed by atoms with E-state index in [0.717, 1.165) is 35.9 Å². The lowest BCUT2D eigenvalue weighted by molar-refractivity contribution is -0.146. The molecule has 0 aromatic rings. The van der Waals surface area contributed by atoms with Crippen LogP contribution in [0.2, 0.25) is 0 Å². The highest BCUT2D eigenvalue weighted by Gasteiger charge is 2.39. The van der Waals surface area contributed by atoms with Crippen LogP contribution < -0.4 is 5.32 Å². The predicted octanol–water partition coefficient (Wildman–Crippen LogP) is 3.47. The van der Waals surface area contributed by atoms with E-state index in [4.69, 9.17) is 4.74 Å². The predicted molar refractivity (Wildman–Crippen MR) is 143 cm³/mol. The lowest BCUT2D eigenvalue weighted by Crippen LogP contribution is -2.36. The van der Waals surface area contributed by atoms with E-state index in [1.54, 1.807) is 0 Å². The summed E-state index contributed by atoms with van der Waals surface area (Å²) in [4.78, 5) is 73.7. The summed E-state index contributed by atoms with van der Waals surface area (Å²) in [5.41, 5.74) is 0.260. The number of esters is 1. The van der Waals surface area contributed by atoms with Gasteiger partial charge in [0.1, 0.15) is 18.8 Å². The van der Waals surface area contributed by atoms with Crippen molar-refractivity contribution in [3.63, 3.8) is 0 Å². The molecule has 0 aliphatic carbocycles. The van der Waals surface area contributed by atoms with Crippen LogP contribution in [0.1, 0.15) is 92.9 Å². The highest BCUT2D eigenvalue weighted by atomic mass is 32.2. The second-order valence-electron chi connectivity index (χ2n) is 12.0. The smallest absolute Gasteiger partial charge is 0.313 e. The van der Waals surface area contributed by atoms with Gasteiger partial charge in [-0.1, -0.05) is 41.5 Å². The number of ether oxygens (including phenoxy) is 1. The van der Waals surface area contributed by atoms with Crippen LogP contribution in [0.5, 0.6) is 0 Å². The fraction of sp³-hybridized carbons (Fsp3) is 0.778. The molecule has 1 N–H and O–H groups in total. The largest absolute Gasteiger partial charge is 0.463 e. The number of rotatable bonds is 16. The Balaban J connectivity index is 2.24. The van der Waals surface area contributed by atoms with E-state index < -0.39 is 23.0 Å². The SMILES string of the molecule is CC(C)(C)CCCC(=O)CC(=O)OCCNC(=O)CSC1CC(=O)N(CC(=O)CCCC(C)(C)C)C1=O. The van der Waals surface area contributed by atoms with Crippen molar-refractivity contribution in [1.82, 2.24) is 10.2 Å². The Morgan fingerprint density at radius 2 is 1.51 bits per heavy atom. The molecule has 0 bridgehead atoms. The molecule has 1 aliphatic rings. The monoisotopic (exact) mass is 540 g/mol. The highest BCUT2D eigenvalue weighted by Crippen LogP contribution is 2.26. The number of Topliss-reactive ketones (excluding diaryl/α,β-unsaturated/α-hetero) is 2. The van der Waals surface area contributed by atoms with Crippen molar-refractivity contribution < 1.29 is 33.5 Å². The molecular weight excluding hydrogens is 496 g/mol. The summed E-state index contributed by atoms with van der Waals surface area (Å²) in [6.07, 6.45) is 3.56. The maximum atomic E-state index is 12.6. The van der Waals surface area contributed by atoms with Crippen LogP contribution in [-0.4, -0.2) is 70.9 Å². The summed E-state index contributed by atoms with van der Waals surface area (Å²) in [5, 5.41) is 1.89. The van der Waals surface area contributed by atoms with Crippen LogP contribution in [-0.2, 0) is 33.5 Å². The van der Waals surface area contributed by atoms with Crippen molar-refractivity contribution in [3.05, 3.63) is 0 Å². The van der Waals surface area contributed by atoms with E-state index in [9.17, 15) is 28.8 Å². The number of amides is 3. The van der Waals surface area contributed by atoms with Gasteiger partial charge < -0.3 is 10.1 Å². The first-order chi connectivity index (χ1) is 17.1. The quantitative estimate of drug-likeness (QED) is 0.136. The minimum absolute atomic E-state index is 0.0343. The molecule has 1 atom stereocenters. The number of hydrogen-bond acceptors (Lipinski definition) is 8. The number of ketones is 2. The molecule has 1 heterocycles. The van der Waals surface area contributed by atoms with Crippen LogP contribution in [0.15, 0.2) is 0 Å². The van der Waals surface area contributed by atoms with Crippen molar-refractivity contribution >= 4 is 47.0 Å². The summed E-state index contributed by atoms with van der Waals surface area (Å²) in [5.74, 6) is -2.16. The number of nitrogens with one attached hydrogen (secondary N) is 1. The van der Waals surface area contributed by atoms with Crippen LogP contribution in [0.4, 0.5) is 0 Å². The molecule has 10 heteroatoms. The topological polar surface area (TPSA) is 127 Å². The van der Waals surface area contributed by atoms with Gasteiger partial charge in [-0.25, -0.2) is 0 Å². The standard InChI is InChI=1S/C27H44N2O7S/c1-26(2,3)11-7-9-19(30)15-24(34)36-14-13-28-22(32)18-37-21-16-23(33)29(25(21)35)17-20(31)10-8-12-27(4,5)6/h21H,7-18H2,1-6H3,(H,28,32). The van der Waals surface area contributed by atoms with Crippen LogP contribution in [0.25, 0.3) is 0 Å². The minimum Gasteiger partial charge on any atom is -0.463 e. The number of imide groups is 1. The van der Waals surface area contributed by atoms with Gasteiger partial charge in [-0.05, 0) is 36.5 Å². The van der Waals surface area contributed by atoms with Gasteiger partial charge in [0, 0.05) is 19.3 Å². The van der Waals surface area contributed by atoms with Gasteiger partial charge in [0.05, 0.1) is 24.1 Å². The molecule has 9 nitrogen and oxygen atoms in total. The molecule has 0 spiro atoms. The third-order valence-corrected chi connectivity index (χ3v) is 6.95. The zero-order chi connectivity index (χ0) is 28.2. The second-order valence-corrected chi connectivity index (χ2v) is 13.2. The summed E-state index contributed by atoms with van der Waals surface area (Å²) in [6.45, 7) is 12.4. The molecule has 1 saturated heterocycles. The zero-order valence-electron chi connectivity index (χ0n) is 23.3. The van der Waals surface area contributed by atoms with Crippen molar-refractivity contribution in [2.75, 3.05) is 25.4 Å². The fourth-order valence-electron chi connectivity index (χ4n) is 3.72. The summed E-state index contributed by atoms with van der Waals surface area (Å²) < 4.78 is 5.00. The molecule has 37 heavy (non-hydrogen) atoms. The van der Waals surface area contributed by atoms with Crippen molar-refractivity contribution in [3.8, 4) is 0 Å². The summed E-state index contributed by atoms with van der Waals surface area (Å²) in [7, 11) is 0. The molecule has 1 unspecified atom stereocenters. The van der Waals surface area contributed by atoms with E-state index in [-0.39, 0.29) is 66.6 Å². The van der Waals surface area contributed by atoms with E-state index >= 15 is 0 Å². The van der Waals surface area contributed by atoms with Gasteiger partial charge in [-0.15, -0.1) is 11.8 Å². The van der Waals surface area contributed by atoms with Gasteiger partial charge >= 0.3 is 5.97 Å². The van der Waals surface area contributed by atoms with Crippen molar-refractivity contribution in [2.24, 2.45) is 10.8 Å². The molecule has 0 radical (unpaired) electrons. The average Bonchev–Trinajstić information content (AvgIpc) is 3.01. The number of hydrogen-bond donors (Lipinski definition) is 1. The van der Waals surface area contributed by atoms with E-state index in [1.807, 2.05) is 0 Å². The molecule has 210 valence electrons. The lowest BCUT2D eigenvalue weighted by atomic mass is 9.89. The minimum atomic E-state index is -0.692. The Morgan fingerprint density at radius 3 is 2.08 bits per heavy atom. The molecule has 1 rings (SSSR count). The summed E-state index contributed by atoms with van der Waals surface area (Å²) in [6, 6.07) is 0. The average molecular weight is 541 g/mol. The van der Waals surface area contributed by atoms with E-state index in [1.165, 1.54) is 0 Å². The molecule has 0 aromatic heterocycles. The first-order valence-electron chi connectivity index (χ1n) is 13.0. The maximum absolute atomic E-state index is 12.6. The van der Waals surface area contributed by atoms with Crippen LogP contribution >= 0.6 is 11.8 Å². The van der Waals surface area contributed by atoms with Gasteiger partial charge in [0.25, 0.3) is 0 Å². The Bertz CT molecular complexity index is 843. The molecule has 1 aliphatic heterocycles. The Labute approximate surface area is 225 Å². The van der Waals surface area contributed by atoms with E-state index in [2.05, 4.69) is 46.9 Å². The Morgan fingerprint density at radius 1 is 0.946 bits per heavy atom. The molecular formula is C27H44N2O7S. The third-order valence-electron chi connectivity index (χ3n) is 5.75. The summed E-state index contributed by atoms with van der Waals surface area (Å²) >= 11 is 1.05. The fourth-order valence-corrected chi connectivity index (χ4v) is 4.70. The Kier molecular flexibility index (Phi) is 13.5. The van der Waals surface area contributed by atoms with E-state index in [0.29, 0.717) is 19.3 Å². The van der Waals surface area contributed by atoms with Gasteiger partial charge in [-0.2, -0.15) is 0 Å². The zero-order valence-corrected chi connectivity index (χ0v) is 24.1. The van der Waals surface area contributed by atoms with Gasteiger partial charge in [0.15, 0.2) is 5.78 Å². The molecule has 3 amide bonds. The lowest BCUT2D eigenvalue weighted by Gasteiger charge is -2.18. The van der Waals surface area contributed by atoms with Crippen molar-refractivity contribution in [1.29, 1.82) is 0 Å². The van der Waals surface area contributed by atoms with Crippen molar-refractivity contribution in [2.45, 2.75) is 98.2 Å². The third kappa shape index (κ3) is 14.9. The first kappa shape index (κ1) is 32.8. The number of thioether (sulfide) groups is 1. The molecule has 0 aromatic carbocycles. The Hall–Kier alpha value is -2.23. The second kappa shape index (κ2) is 15.2. The number of carbonyl (C=O) groups excluding carboxylic acids is 6. The first-order valence-corrected chi connectivity index (χ1v) is 14.0.